The minimum atomic E-state index is -3.25. The van der Waals surface area contributed by atoms with Gasteiger partial charge in [-0.05, 0) is 6.42 Å². The van der Waals surface area contributed by atoms with Crippen LogP contribution in [0.3, 0.4) is 0 Å². The van der Waals surface area contributed by atoms with Crippen LogP contribution >= 0.6 is 0 Å². The van der Waals surface area contributed by atoms with Gasteiger partial charge in [0.25, 0.3) is 0 Å². The molecule has 7 heteroatoms. The first kappa shape index (κ1) is 14.3. The first-order valence-corrected chi connectivity index (χ1v) is 8.26. The molecular formula is C8H14O5S2. The zero-order valence-electron chi connectivity index (χ0n) is 8.63. The molecule has 0 radical (unpaired) electrons. The van der Waals surface area contributed by atoms with Crippen LogP contribution in [-0.4, -0.2) is 47.1 Å². The summed E-state index contributed by atoms with van der Waals surface area (Å²) < 4.78 is 43.2. The van der Waals surface area contributed by atoms with Crippen molar-refractivity contribution in [2.24, 2.45) is 0 Å². The van der Waals surface area contributed by atoms with E-state index >= 15 is 0 Å². The summed E-state index contributed by atoms with van der Waals surface area (Å²) in [4.78, 5) is 10.5. The van der Waals surface area contributed by atoms with Crippen LogP contribution in [0.2, 0.25) is 0 Å². The molecule has 0 unspecified atom stereocenters. The van der Waals surface area contributed by atoms with Crippen molar-refractivity contribution in [2.45, 2.75) is 6.42 Å². The van der Waals surface area contributed by atoms with Gasteiger partial charge < -0.3 is 0 Å². The maximum Gasteiger partial charge on any atom is 0.151 e. The second kappa shape index (κ2) is 5.41. The molecule has 0 saturated carbocycles. The second-order valence-electron chi connectivity index (χ2n) is 3.39. The molecule has 0 aliphatic carbocycles. The minimum Gasteiger partial charge on any atom is -0.298 e. The Morgan fingerprint density at radius 2 is 1.60 bits per heavy atom. The lowest BCUT2D eigenvalue weighted by atomic mass is 10.3. The molecule has 5 nitrogen and oxygen atoms in total. The largest absolute Gasteiger partial charge is 0.298 e. The van der Waals surface area contributed by atoms with Gasteiger partial charge in [0.2, 0.25) is 0 Å². The number of rotatable bonds is 6. The molecule has 0 aliphatic rings. The molecule has 0 heterocycles. The van der Waals surface area contributed by atoms with Gasteiger partial charge in [-0.25, -0.2) is 16.8 Å². The summed E-state index contributed by atoms with van der Waals surface area (Å²) in [6.07, 6.45) is 4.03. The van der Waals surface area contributed by atoms with E-state index in [9.17, 15) is 21.6 Å². The predicted octanol–water partition coefficient (Wildman–Crippen LogP) is -0.409. The van der Waals surface area contributed by atoms with Crippen molar-refractivity contribution >= 4 is 26.0 Å². The van der Waals surface area contributed by atoms with Gasteiger partial charge in [-0.2, -0.15) is 0 Å². The van der Waals surface area contributed by atoms with Crippen LogP contribution < -0.4 is 0 Å². The van der Waals surface area contributed by atoms with Crippen molar-refractivity contribution in [3.63, 3.8) is 0 Å². The van der Waals surface area contributed by atoms with Gasteiger partial charge in [-0.15, -0.1) is 0 Å². The highest BCUT2D eigenvalue weighted by molar-refractivity contribution is 7.91. The monoisotopic (exact) mass is 254 g/mol. The first-order chi connectivity index (χ1) is 6.64. The lowest BCUT2D eigenvalue weighted by Gasteiger charge is -1.98. The average molecular weight is 254 g/mol. The molecule has 0 aromatic rings. The van der Waals surface area contributed by atoms with E-state index in [1.54, 1.807) is 0 Å². The summed E-state index contributed by atoms with van der Waals surface area (Å²) in [5.74, 6) is -0.436. The molecular weight excluding hydrogens is 240 g/mol. The molecule has 0 saturated heterocycles. The quantitative estimate of drug-likeness (QED) is 0.475. The molecule has 0 spiro atoms. The Kier molecular flexibility index (Phi) is 5.16. The number of carbonyl (C=O) groups is 1. The predicted molar refractivity (Wildman–Crippen MR) is 58.2 cm³/mol. The van der Waals surface area contributed by atoms with Crippen molar-refractivity contribution in [2.75, 3.05) is 24.0 Å². The van der Waals surface area contributed by atoms with E-state index in [0.29, 0.717) is 6.29 Å². The Balaban J connectivity index is 4.44. The summed E-state index contributed by atoms with van der Waals surface area (Å²) in [6.45, 7) is 0. The third-order valence-electron chi connectivity index (χ3n) is 1.48. The van der Waals surface area contributed by atoms with Crippen LogP contribution in [0.15, 0.2) is 11.6 Å². The molecule has 0 atom stereocenters. The SMILES string of the molecule is CS(=O)(=O)CCC=C(C=O)CS(C)(=O)=O. The van der Waals surface area contributed by atoms with Crippen LogP contribution in [0.4, 0.5) is 0 Å². The summed E-state index contributed by atoms with van der Waals surface area (Å²) in [5, 5.41) is 0. The first-order valence-electron chi connectivity index (χ1n) is 4.14. The Morgan fingerprint density at radius 3 is 1.93 bits per heavy atom. The summed E-state index contributed by atoms with van der Waals surface area (Å²) >= 11 is 0. The van der Waals surface area contributed by atoms with Gasteiger partial charge >= 0.3 is 0 Å². The standard InChI is InChI=1S/C8H14O5S2/c1-14(10,11)5-3-4-8(6-9)7-15(2,12)13/h4,6H,3,5,7H2,1-2H3. The van der Waals surface area contributed by atoms with Crippen LogP contribution in [0.5, 0.6) is 0 Å². The second-order valence-corrected chi connectivity index (χ2v) is 7.79. The summed E-state index contributed by atoms with van der Waals surface area (Å²) in [6, 6.07) is 0. The third kappa shape index (κ3) is 9.61. The fraction of sp³-hybridized carbons (Fsp3) is 0.625. The topological polar surface area (TPSA) is 85.3 Å². The van der Waals surface area contributed by atoms with Crippen molar-refractivity contribution in [1.29, 1.82) is 0 Å². The zero-order chi connectivity index (χ0) is 12.1. The van der Waals surface area contributed by atoms with E-state index in [0.717, 1.165) is 12.5 Å². The number of carbonyl (C=O) groups excluding carboxylic acids is 1. The molecule has 0 aromatic carbocycles. The van der Waals surface area contributed by atoms with Gasteiger partial charge in [-0.1, -0.05) is 6.08 Å². The average Bonchev–Trinajstić information content (AvgIpc) is 1.97. The fourth-order valence-corrected chi connectivity index (χ4v) is 2.24. The maximum absolute atomic E-state index is 10.8. The van der Waals surface area contributed by atoms with Gasteiger partial charge in [0.15, 0.2) is 9.84 Å². The van der Waals surface area contributed by atoms with Crippen molar-refractivity contribution in [1.82, 2.24) is 0 Å². The van der Waals surface area contributed by atoms with Crippen LogP contribution in [0.1, 0.15) is 6.42 Å². The van der Waals surface area contributed by atoms with E-state index in [-0.39, 0.29) is 23.5 Å². The van der Waals surface area contributed by atoms with E-state index < -0.39 is 19.7 Å². The van der Waals surface area contributed by atoms with E-state index in [1.165, 1.54) is 6.08 Å². The molecule has 88 valence electrons. The van der Waals surface area contributed by atoms with Crippen molar-refractivity contribution in [3.05, 3.63) is 11.6 Å². The molecule has 0 bridgehead atoms. The van der Waals surface area contributed by atoms with Gasteiger partial charge in [0, 0.05) is 18.1 Å². The number of sulfone groups is 2. The Bertz CT molecular complexity index is 441. The molecule has 0 N–H and O–H groups in total. The van der Waals surface area contributed by atoms with E-state index in [4.69, 9.17) is 0 Å². The van der Waals surface area contributed by atoms with E-state index in [2.05, 4.69) is 0 Å². The Morgan fingerprint density at radius 1 is 1.07 bits per heavy atom. The smallest absolute Gasteiger partial charge is 0.151 e. The highest BCUT2D eigenvalue weighted by Crippen LogP contribution is 2.00. The van der Waals surface area contributed by atoms with Gasteiger partial charge in [0.1, 0.15) is 16.1 Å². The highest BCUT2D eigenvalue weighted by Gasteiger charge is 2.07. The van der Waals surface area contributed by atoms with Crippen molar-refractivity contribution in [3.8, 4) is 0 Å². The molecule has 0 rings (SSSR count). The molecule has 0 aliphatic heterocycles. The zero-order valence-corrected chi connectivity index (χ0v) is 10.3. The lowest BCUT2D eigenvalue weighted by Crippen LogP contribution is -2.08. The van der Waals surface area contributed by atoms with Crippen molar-refractivity contribution < 1.29 is 21.6 Å². The third-order valence-corrected chi connectivity index (χ3v) is 3.31. The van der Waals surface area contributed by atoms with Crippen LogP contribution in [0.25, 0.3) is 0 Å². The lowest BCUT2D eigenvalue weighted by molar-refractivity contribution is -0.104. The fourth-order valence-electron chi connectivity index (χ4n) is 0.902. The van der Waals surface area contributed by atoms with E-state index in [1.807, 2.05) is 0 Å². The Labute approximate surface area is 90.0 Å². The normalized spacial score (nSPS) is 13.9. The van der Waals surface area contributed by atoms with Crippen LogP contribution in [0, 0.1) is 0 Å². The summed E-state index contributed by atoms with van der Waals surface area (Å²) in [5.41, 5.74) is 0.0983. The van der Waals surface area contributed by atoms with Gasteiger partial charge in [0.05, 0.1) is 11.5 Å². The maximum atomic E-state index is 10.8. The molecule has 0 amide bonds. The minimum absolute atomic E-state index is 0.0892. The van der Waals surface area contributed by atoms with Crippen LogP contribution in [-0.2, 0) is 24.5 Å². The molecule has 0 fully saturated rings. The number of aldehydes is 1. The number of allylic oxidation sites excluding steroid dienone is 1. The Hall–Kier alpha value is -0.690. The molecule has 0 aromatic heterocycles. The number of hydrogen-bond acceptors (Lipinski definition) is 5. The molecule has 15 heavy (non-hydrogen) atoms. The van der Waals surface area contributed by atoms with Gasteiger partial charge in [-0.3, -0.25) is 4.79 Å². The number of hydrogen-bond donors (Lipinski definition) is 0. The summed E-state index contributed by atoms with van der Waals surface area (Å²) in [7, 11) is -6.33. The highest BCUT2D eigenvalue weighted by atomic mass is 32.2.